The molecular formula is C24H48N2O7. The highest BCUT2D eigenvalue weighted by molar-refractivity contribution is 5.86. The van der Waals surface area contributed by atoms with Crippen molar-refractivity contribution in [1.82, 2.24) is 10.6 Å². The van der Waals surface area contributed by atoms with E-state index in [1.807, 2.05) is 0 Å². The lowest BCUT2D eigenvalue weighted by molar-refractivity contribution is -0.147. The number of aliphatic carboxylic acids is 2. The lowest BCUT2D eigenvalue weighted by Crippen LogP contribution is -2.42. The van der Waals surface area contributed by atoms with Crippen molar-refractivity contribution in [3.05, 3.63) is 0 Å². The molecule has 0 bridgehead atoms. The summed E-state index contributed by atoms with van der Waals surface area (Å²) in [6.45, 7) is 3.65. The molecule has 0 aliphatic heterocycles. The van der Waals surface area contributed by atoms with Crippen molar-refractivity contribution in [3.63, 3.8) is 0 Å². The number of amides is 1. The molecule has 0 heterocycles. The third-order valence-corrected chi connectivity index (χ3v) is 5.10. The molecule has 0 aliphatic carbocycles. The summed E-state index contributed by atoms with van der Waals surface area (Å²) in [5.41, 5.74) is 0. The smallest absolute Gasteiger partial charge is 0.326 e. The van der Waals surface area contributed by atoms with Crippen molar-refractivity contribution in [2.45, 2.75) is 109 Å². The first kappa shape index (κ1) is 33.5. The monoisotopic (exact) mass is 476 g/mol. The zero-order valence-electron chi connectivity index (χ0n) is 20.5. The second kappa shape index (κ2) is 26.5. The SMILES string of the molecule is CCCCCCCCCCCCCCCC(=O)NC(CC(=O)O)C(=O)O.OCCNCCO. The Kier molecular flexibility index (Phi) is 26.9. The Morgan fingerprint density at radius 1 is 0.697 bits per heavy atom. The standard InChI is InChI=1S/C20H37NO5.C4H11NO2/c1-2-3-4-5-6-7-8-9-10-11-12-13-14-15-18(22)21-17(20(25)26)16-19(23)24;6-3-1-5-2-4-7/h17H,2-16H2,1H3,(H,21,22)(H,23,24)(H,25,26);5-7H,1-4H2. The van der Waals surface area contributed by atoms with E-state index in [1.54, 1.807) is 0 Å². The van der Waals surface area contributed by atoms with Crippen LogP contribution in [0.3, 0.4) is 0 Å². The molecule has 0 aliphatic rings. The Balaban J connectivity index is 0. The molecule has 0 saturated carbocycles. The van der Waals surface area contributed by atoms with Crippen LogP contribution in [0, 0.1) is 0 Å². The maximum absolute atomic E-state index is 11.7. The van der Waals surface area contributed by atoms with Gasteiger partial charge >= 0.3 is 11.9 Å². The van der Waals surface area contributed by atoms with Crippen LogP contribution in [0.1, 0.15) is 103 Å². The van der Waals surface area contributed by atoms with Crippen molar-refractivity contribution in [1.29, 1.82) is 0 Å². The van der Waals surface area contributed by atoms with Crippen LogP contribution in [0.4, 0.5) is 0 Å². The lowest BCUT2D eigenvalue weighted by atomic mass is 10.0. The fraction of sp³-hybridized carbons (Fsp3) is 0.875. The summed E-state index contributed by atoms with van der Waals surface area (Å²) < 4.78 is 0. The minimum atomic E-state index is -1.35. The second-order valence-corrected chi connectivity index (χ2v) is 8.25. The lowest BCUT2D eigenvalue weighted by Gasteiger charge is -2.12. The molecule has 33 heavy (non-hydrogen) atoms. The number of carboxylic acids is 2. The highest BCUT2D eigenvalue weighted by atomic mass is 16.4. The van der Waals surface area contributed by atoms with E-state index in [2.05, 4.69) is 17.6 Å². The third-order valence-electron chi connectivity index (χ3n) is 5.10. The molecule has 0 aromatic carbocycles. The van der Waals surface area contributed by atoms with E-state index in [0.717, 1.165) is 12.8 Å². The van der Waals surface area contributed by atoms with E-state index in [0.29, 0.717) is 19.5 Å². The fourth-order valence-electron chi connectivity index (χ4n) is 3.23. The number of rotatable bonds is 22. The van der Waals surface area contributed by atoms with E-state index >= 15 is 0 Å². The van der Waals surface area contributed by atoms with E-state index in [-0.39, 0.29) is 25.5 Å². The normalized spacial score (nSPS) is 11.4. The number of aliphatic hydroxyl groups excluding tert-OH is 2. The molecule has 6 N–H and O–H groups in total. The number of unbranched alkanes of at least 4 members (excludes halogenated alkanes) is 12. The van der Waals surface area contributed by atoms with Crippen LogP contribution in [0.15, 0.2) is 0 Å². The molecule has 9 nitrogen and oxygen atoms in total. The van der Waals surface area contributed by atoms with E-state index < -0.39 is 24.4 Å². The number of aliphatic hydroxyl groups is 2. The van der Waals surface area contributed by atoms with Gasteiger partial charge in [0.25, 0.3) is 0 Å². The maximum Gasteiger partial charge on any atom is 0.326 e. The predicted molar refractivity (Wildman–Crippen MR) is 129 cm³/mol. The Morgan fingerprint density at radius 3 is 1.48 bits per heavy atom. The van der Waals surface area contributed by atoms with E-state index in [1.165, 1.54) is 64.2 Å². The Bertz CT molecular complexity index is 472. The summed E-state index contributed by atoms with van der Waals surface area (Å²) in [7, 11) is 0. The number of hydrogen-bond acceptors (Lipinski definition) is 6. The summed E-state index contributed by atoms with van der Waals surface area (Å²) >= 11 is 0. The van der Waals surface area contributed by atoms with Gasteiger partial charge in [0, 0.05) is 19.5 Å². The second-order valence-electron chi connectivity index (χ2n) is 8.25. The number of carbonyl (C=O) groups excluding carboxylic acids is 1. The molecule has 1 amide bonds. The average Bonchev–Trinajstić information content (AvgIpc) is 2.77. The highest BCUT2D eigenvalue weighted by Crippen LogP contribution is 2.13. The van der Waals surface area contributed by atoms with Gasteiger partial charge in [-0.25, -0.2) is 4.79 Å². The van der Waals surface area contributed by atoms with Crippen molar-refractivity contribution in [2.75, 3.05) is 26.3 Å². The molecule has 9 heteroatoms. The number of hydrogen-bond donors (Lipinski definition) is 6. The van der Waals surface area contributed by atoms with Crippen LogP contribution >= 0.6 is 0 Å². The van der Waals surface area contributed by atoms with Crippen LogP contribution in [0.5, 0.6) is 0 Å². The molecule has 1 unspecified atom stereocenters. The maximum atomic E-state index is 11.7. The van der Waals surface area contributed by atoms with Gasteiger partial charge in [-0.3, -0.25) is 9.59 Å². The Hall–Kier alpha value is -1.71. The average molecular weight is 477 g/mol. The molecule has 0 fully saturated rings. The molecule has 1 atom stereocenters. The molecule has 0 rings (SSSR count). The fourth-order valence-corrected chi connectivity index (χ4v) is 3.23. The first-order valence-electron chi connectivity index (χ1n) is 12.5. The predicted octanol–water partition coefficient (Wildman–Crippen LogP) is 3.07. The van der Waals surface area contributed by atoms with Crippen molar-refractivity contribution >= 4 is 17.8 Å². The van der Waals surface area contributed by atoms with Crippen molar-refractivity contribution < 1.29 is 34.8 Å². The van der Waals surface area contributed by atoms with Crippen LogP contribution in [0.2, 0.25) is 0 Å². The zero-order valence-corrected chi connectivity index (χ0v) is 20.5. The van der Waals surface area contributed by atoms with Crippen molar-refractivity contribution in [3.8, 4) is 0 Å². The number of carbonyl (C=O) groups is 3. The Labute approximate surface area is 199 Å². The Morgan fingerprint density at radius 2 is 1.12 bits per heavy atom. The van der Waals surface area contributed by atoms with Gasteiger partial charge < -0.3 is 31.1 Å². The van der Waals surface area contributed by atoms with Gasteiger partial charge in [0.1, 0.15) is 6.04 Å². The van der Waals surface area contributed by atoms with Crippen LogP contribution in [-0.4, -0.2) is 70.6 Å². The highest BCUT2D eigenvalue weighted by Gasteiger charge is 2.22. The van der Waals surface area contributed by atoms with Crippen LogP contribution in [0.25, 0.3) is 0 Å². The molecule has 0 aromatic heterocycles. The molecular weight excluding hydrogens is 428 g/mol. The van der Waals surface area contributed by atoms with Crippen molar-refractivity contribution in [2.24, 2.45) is 0 Å². The van der Waals surface area contributed by atoms with Crippen LogP contribution < -0.4 is 10.6 Å². The third kappa shape index (κ3) is 28.3. The van der Waals surface area contributed by atoms with E-state index in [4.69, 9.17) is 20.4 Å². The molecule has 0 radical (unpaired) electrons. The van der Waals surface area contributed by atoms with Gasteiger partial charge in [0.15, 0.2) is 0 Å². The van der Waals surface area contributed by atoms with Crippen LogP contribution in [-0.2, 0) is 14.4 Å². The van der Waals surface area contributed by atoms with Gasteiger partial charge in [0.2, 0.25) is 5.91 Å². The largest absolute Gasteiger partial charge is 0.481 e. The number of nitrogens with one attached hydrogen (secondary N) is 2. The van der Waals surface area contributed by atoms with Gasteiger partial charge in [-0.2, -0.15) is 0 Å². The minimum absolute atomic E-state index is 0.139. The summed E-state index contributed by atoms with van der Waals surface area (Å²) in [5, 5.41) is 38.9. The summed E-state index contributed by atoms with van der Waals surface area (Å²) in [6.07, 6.45) is 15.5. The zero-order chi connectivity index (χ0) is 25.2. The molecule has 0 saturated heterocycles. The summed E-state index contributed by atoms with van der Waals surface area (Å²) in [6, 6.07) is -1.35. The topological polar surface area (TPSA) is 156 Å². The summed E-state index contributed by atoms with van der Waals surface area (Å²) in [4.78, 5) is 33.1. The first-order valence-corrected chi connectivity index (χ1v) is 12.5. The summed E-state index contributed by atoms with van der Waals surface area (Å²) in [5.74, 6) is -2.94. The molecule has 196 valence electrons. The minimum Gasteiger partial charge on any atom is -0.481 e. The van der Waals surface area contributed by atoms with E-state index in [9.17, 15) is 14.4 Å². The van der Waals surface area contributed by atoms with Gasteiger partial charge in [-0.1, -0.05) is 84.0 Å². The molecule has 0 aromatic rings. The molecule has 0 spiro atoms. The first-order chi connectivity index (χ1) is 15.9. The quantitative estimate of drug-likeness (QED) is 0.130. The number of carboxylic acid groups (broad SMARTS) is 2. The van der Waals surface area contributed by atoms with Gasteiger partial charge in [-0.05, 0) is 6.42 Å². The van der Waals surface area contributed by atoms with Gasteiger partial charge in [0.05, 0.1) is 19.6 Å². The van der Waals surface area contributed by atoms with Gasteiger partial charge in [-0.15, -0.1) is 0 Å².